The quantitative estimate of drug-likeness (QED) is 0.226. The number of rotatable bonds is 10. The van der Waals surface area contributed by atoms with E-state index in [-0.39, 0.29) is 0 Å². The van der Waals surface area contributed by atoms with Gasteiger partial charge in [-0.15, -0.1) is 0 Å². The molecule has 1 aliphatic heterocycles. The second-order valence-electron chi connectivity index (χ2n) is 8.08. The molecule has 1 heterocycles. The van der Waals surface area contributed by atoms with Crippen LogP contribution in [0.3, 0.4) is 0 Å². The first-order chi connectivity index (χ1) is 13.1. The number of hydrogen-bond acceptors (Lipinski definition) is 0. The van der Waals surface area contributed by atoms with E-state index in [1.165, 1.54) is 83.5 Å². The maximum absolute atomic E-state index is 3.77. The van der Waals surface area contributed by atoms with Gasteiger partial charge >= 0.3 is 0 Å². The van der Waals surface area contributed by atoms with Crippen molar-refractivity contribution in [1.82, 2.24) is 0 Å². The van der Waals surface area contributed by atoms with Gasteiger partial charge in [-0.25, -0.2) is 0 Å². The highest BCUT2D eigenvalue weighted by Crippen LogP contribution is 2.37. The van der Waals surface area contributed by atoms with Gasteiger partial charge in [-0.2, -0.15) is 0 Å². The molecule has 0 unspecified atom stereocenters. The second kappa shape index (κ2) is 9.89. The maximum atomic E-state index is 3.77. The van der Waals surface area contributed by atoms with Crippen LogP contribution in [0.1, 0.15) is 65.2 Å². The molecule has 0 aliphatic carbocycles. The normalized spacial score (nSPS) is 14.2. The summed E-state index contributed by atoms with van der Waals surface area (Å²) in [6, 6.07) is 16.9. The molecule has 146 valence electrons. The van der Waals surface area contributed by atoms with Gasteiger partial charge in [0.25, 0.3) is 0 Å². The van der Waals surface area contributed by atoms with Crippen molar-refractivity contribution in [3.8, 4) is 11.1 Å². The van der Waals surface area contributed by atoms with Crippen LogP contribution in [0.4, 0.5) is 0 Å². The Morgan fingerprint density at radius 2 is 1.07 bits per heavy atom. The lowest BCUT2D eigenvalue weighted by molar-refractivity contribution is 0.684. The average Bonchev–Trinajstić information content (AvgIpc) is 2.92. The van der Waals surface area contributed by atoms with Crippen LogP contribution in [0.5, 0.6) is 0 Å². The molecular weight excluding hydrogens is 476 g/mol. The summed E-state index contributed by atoms with van der Waals surface area (Å²) in [5.41, 5.74) is 3.02. The summed E-state index contributed by atoms with van der Waals surface area (Å²) in [7, 11) is -1.70. The smallest absolute Gasteiger partial charge is 0.0654 e. The first kappa shape index (κ1) is 21.3. The fraction of sp³-hybridized carbons (Fsp3) is 0.500. The van der Waals surface area contributed by atoms with Gasteiger partial charge in [-0.05, 0) is 57.9 Å². The molecule has 0 saturated carbocycles. The fourth-order valence-electron chi connectivity index (χ4n) is 4.81. The number of fused-ring (bicyclic) bond motifs is 3. The van der Waals surface area contributed by atoms with Crippen LogP contribution >= 0.6 is 31.9 Å². The van der Waals surface area contributed by atoms with E-state index in [9.17, 15) is 0 Å². The third-order valence-electron chi connectivity index (χ3n) is 6.20. The minimum atomic E-state index is -1.70. The summed E-state index contributed by atoms with van der Waals surface area (Å²) in [5.74, 6) is 0. The first-order valence-corrected chi connectivity index (χ1v) is 14.7. The zero-order chi connectivity index (χ0) is 19.3. The molecule has 2 aromatic carbocycles. The largest absolute Gasteiger partial charge is 0.119 e. The average molecular weight is 508 g/mol. The van der Waals surface area contributed by atoms with E-state index in [4.69, 9.17) is 0 Å². The summed E-state index contributed by atoms with van der Waals surface area (Å²) in [5, 5.41) is 3.39. The molecule has 0 saturated heterocycles. The zero-order valence-electron chi connectivity index (χ0n) is 16.8. The SMILES string of the molecule is CCCCCC[Si]1(CCCCCC)c2cc(Br)ccc2-c2ccc(Br)cc21. The summed E-state index contributed by atoms with van der Waals surface area (Å²) in [6.07, 6.45) is 10.9. The second-order valence-corrected chi connectivity index (χ2v) is 14.2. The molecule has 0 N–H and O–H groups in total. The Labute approximate surface area is 183 Å². The Morgan fingerprint density at radius 1 is 0.630 bits per heavy atom. The fourth-order valence-corrected chi connectivity index (χ4v) is 11.6. The van der Waals surface area contributed by atoms with Crippen molar-refractivity contribution in [3.63, 3.8) is 0 Å². The predicted molar refractivity (Wildman–Crippen MR) is 130 cm³/mol. The van der Waals surface area contributed by atoms with Crippen molar-refractivity contribution in [2.75, 3.05) is 0 Å². The Balaban J connectivity index is 2.03. The van der Waals surface area contributed by atoms with E-state index in [1.807, 2.05) is 0 Å². The highest BCUT2D eigenvalue weighted by molar-refractivity contribution is 9.10. The highest BCUT2D eigenvalue weighted by atomic mass is 79.9. The molecule has 0 bridgehead atoms. The Kier molecular flexibility index (Phi) is 7.81. The third-order valence-corrected chi connectivity index (χ3v) is 12.5. The van der Waals surface area contributed by atoms with Crippen LogP contribution in [-0.2, 0) is 0 Å². The molecule has 27 heavy (non-hydrogen) atoms. The van der Waals surface area contributed by atoms with E-state index in [0.717, 1.165) is 0 Å². The molecule has 0 atom stereocenters. The molecule has 0 spiro atoms. The molecule has 1 aliphatic rings. The summed E-state index contributed by atoms with van der Waals surface area (Å²) in [6.45, 7) is 4.62. The van der Waals surface area contributed by atoms with Crippen molar-refractivity contribution < 1.29 is 0 Å². The van der Waals surface area contributed by atoms with Gasteiger partial charge in [0, 0.05) is 8.95 Å². The van der Waals surface area contributed by atoms with Gasteiger partial charge in [-0.3, -0.25) is 0 Å². The molecule has 0 radical (unpaired) electrons. The predicted octanol–water partition coefficient (Wildman–Crippen LogP) is 7.92. The Morgan fingerprint density at radius 3 is 1.48 bits per heavy atom. The van der Waals surface area contributed by atoms with Crippen LogP contribution in [0.2, 0.25) is 12.1 Å². The van der Waals surface area contributed by atoms with Crippen LogP contribution < -0.4 is 10.4 Å². The lowest BCUT2D eigenvalue weighted by Crippen LogP contribution is -2.55. The monoisotopic (exact) mass is 506 g/mol. The lowest BCUT2D eigenvalue weighted by atomic mass is 10.1. The zero-order valence-corrected chi connectivity index (χ0v) is 21.0. The molecule has 0 fully saturated rings. The first-order valence-electron chi connectivity index (χ1n) is 10.7. The third kappa shape index (κ3) is 4.62. The van der Waals surface area contributed by atoms with Gasteiger partial charge in [0.1, 0.15) is 8.07 Å². The van der Waals surface area contributed by atoms with E-state index < -0.39 is 8.07 Å². The topological polar surface area (TPSA) is 0 Å². The molecule has 3 rings (SSSR count). The van der Waals surface area contributed by atoms with Gasteiger partial charge in [-0.1, -0.05) is 109 Å². The van der Waals surface area contributed by atoms with E-state index in [1.54, 1.807) is 10.4 Å². The van der Waals surface area contributed by atoms with Gasteiger partial charge in [0.2, 0.25) is 0 Å². The van der Waals surface area contributed by atoms with E-state index in [2.05, 4.69) is 82.1 Å². The van der Waals surface area contributed by atoms with Crippen molar-refractivity contribution in [2.24, 2.45) is 0 Å². The maximum Gasteiger partial charge on any atom is 0.119 e. The minimum absolute atomic E-state index is 1.24. The number of benzene rings is 2. The van der Waals surface area contributed by atoms with Gasteiger partial charge in [0.05, 0.1) is 0 Å². The van der Waals surface area contributed by atoms with Crippen LogP contribution in [-0.4, -0.2) is 8.07 Å². The molecule has 2 aromatic rings. The van der Waals surface area contributed by atoms with Crippen LogP contribution in [0.15, 0.2) is 45.3 Å². The molecule has 3 heteroatoms. The lowest BCUT2D eigenvalue weighted by Gasteiger charge is -2.30. The summed E-state index contributed by atoms with van der Waals surface area (Å²) < 4.78 is 2.49. The number of halogens is 2. The molecule has 0 amide bonds. The number of unbranched alkanes of at least 4 members (excludes halogenated alkanes) is 6. The van der Waals surface area contributed by atoms with E-state index >= 15 is 0 Å². The van der Waals surface area contributed by atoms with Gasteiger partial charge < -0.3 is 0 Å². The minimum Gasteiger partial charge on any atom is -0.0654 e. The van der Waals surface area contributed by atoms with Gasteiger partial charge in [0.15, 0.2) is 0 Å². The van der Waals surface area contributed by atoms with Crippen LogP contribution in [0, 0.1) is 0 Å². The van der Waals surface area contributed by atoms with Crippen molar-refractivity contribution in [2.45, 2.75) is 77.3 Å². The standard InChI is InChI=1S/C24H32Br2Si/c1-3-5-7-9-15-27(16-10-8-6-4-2)23-17-19(25)11-13-21(23)22-14-12-20(26)18-24(22)27/h11-14,17-18H,3-10,15-16H2,1-2H3. The molecule has 0 nitrogen and oxygen atoms in total. The van der Waals surface area contributed by atoms with Crippen LogP contribution in [0.25, 0.3) is 11.1 Å². The Bertz CT molecular complexity index is 703. The number of hydrogen-bond donors (Lipinski definition) is 0. The van der Waals surface area contributed by atoms with Crippen molar-refractivity contribution >= 4 is 50.3 Å². The van der Waals surface area contributed by atoms with Crippen molar-refractivity contribution in [1.29, 1.82) is 0 Å². The molecular formula is C24H32Br2Si. The summed E-state index contributed by atoms with van der Waals surface area (Å²) in [4.78, 5) is 0. The Hall–Kier alpha value is -0.383. The van der Waals surface area contributed by atoms with E-state index in [0.29, 0.717) is 0 Å². The summed E-state index contributed by atoms with van der Waals surface area (Å²) >= 11 is 7.55. The molecule has 0 aromatic heterocycles. The highest BCUT2D eigenvalue weighted by Gasteiger charge is 2.44. The van der Waals surface area contributed by atoms with Crippen molar-refractivity contribution in [3.05, 3.63) is 45.3 Å².